The third-order valence-electron chi connectivity index (χ3n) is 2.19. The van der Waals surface area contributed by atoms with Gasteiger partial charge < -0.3 is 5.11 Å². The van der Waals surface area contributed by atoms with Crippen LogP contribution < -0.4 is 0 Å². The van der Waals surface area contributed by atoms with Crippen molar-refractivity contribution < 1.29 is 9.90 Å². The summed E-state index contributed by atoms with van der Waals surface area (Å²) in [5.74, 6) is 0.284. The van der Waals surface area contributed by atoms with Gasteiger partial charge in [-0.25, -0.2) is 9.78 Å². The molecule has 0 unspecified atom stereocenters. The fraction of sp³-hybridized carbons (Fsp3) is 0.538. The van der Waals surface area contributed by atoms with Gasteiger partial charge >= 0.3 is 5.97 Å². The Bertz CT molecular complexity index is 436. The molecule has 18 heavy (non-hydrogen) atoms. The number of hydrogen-bond acceptors (Lipinski definition) is 4. The second-order valence-corrected chi connectivity index (χ2v) is 7.22. The number of hydrogen-bond donors (Lipinski definition) is 1. The first-order chi connectivity index (χ1) is 8.40. The first-order valence-electron chi connectivity index (χ1n) is 5.92. The summed E-state index contributed by atoms with van der Waals surface area (Å²) in [7, 11) is 0. The lowest BCUT2D eigenvalue weighted by Crippen LogP contribution is -1.92. The van der Waals surface area contributed by atoms with Gasteiger partial charge in [-0.3, -0.25) is 0 Å². The molecule has 3 nitrogen and oxygen atoms in total. The molecule has 1 aromatic heterocycles. The van der Waals surface area contributed by atoms with E-state index in [1.165, 1.54) is 6.08 Å². The molecule has 0 aliphatic heterocycles. The van der Waals surface area contributed by atoms with Gasteiger partial charge in [0, 0.05) is 11.8 Å². The normalized spacial score (nSPS) is 11.9. The molecule has 0 saturated heterocycles. The summed E-state index contributed by atoms with van der Waals surface area (Å²) in [6.45, 7) is 8.47. The number of aromatic nitrogens is 1. The predicted octanol–water partition coefficient (Wildman–Crippen LogP) is 4.01. The highest BCUT2D eigenvalue weighted by Gasteiger charge is 2.13. The zero-order valence-electron chi connectivity index (χ0n) is 11.1. The number of thioether (sulfide) groups is 1. The molecule has 1 rings (SSSR count). The number of carboxylic acids is 1. The predicted molar refractivity (Wildman–Crippen MR) is 79.3 cm³/mol. The molecular weight excluding hydrogens is 266 g/mol. The van der Waals surface area contributed by atoms with E-state index in [-0.39, 0.29) is 0 Å². The van der Waals surface area contributed by atoms with Crippen molar-refractivity contribution in [3.8, 4) is 0 Å². The van der Waals surface area contributed by atoms with Gasteiger partial charge in [0.1, 0.15) is 5.01 Å². The molecule has 0 aromatic carbocycles. The standard InChI is InChI=1S/C13H19NO2S2/c1-8(2)13-10(5-6-12(15)16)18-11(14-13)7-17-9(3)4/h5-6,8-9H,7H2,1-4H3,(H,15,16)/b6-5+. The van der Waals surface area contributed by atoms with Crippen molar-refractivity contribution in [3.63, 3.8) is 0 Å². The lowest BCUT2D eigenvalue weighted by atomic mass is 10.1. The van der Waals surface area contributed by atoms with E-state index in [1.807, 2.05) is 11.8 Å². The van der Waals surface area contributed by atoms with Crippen molar-refractivity contribution in [2.24, 2.45) is 0 Å². The van der Waals surface area contributed by atoms with E-state index in [0.29, 0.717) is 11.2 Å². The van der Waals surface area contributed by atoms with Crippen LogP contribution >= 0.6 is 23.1 Å². The van der Waals surface area contributed by atoms with E-state index in [0.717, 1.165) is 21.3 Å². The summed E-state index contributed by atoms with van der Waals surface area (Å²) in [6.07, 6.45) is 2.83. The number of rotatable bonds is 6. The van der Waals surface area contributed by atoms with Crippen LogP contribution in [-0.2, 0) is 10.5 Å². The van der Waals surface area contributed by atoms with E-state index in [4.69, 9.17) is 5.11 Å². The van der Waals surface area contributed by atoms with Gasteiger partial charge in [0.05, 0.1) is 10.6 Å². The van der Waals surface area contributed by atoms with Gasteiger partial charge in [-0.15, -0.1) is 11.3 Å². The van der Waals surface area contributed by atoms with E-state index in [9.17, 15) is 4.79 Å². The van der Waals surface area contributed by atoms with Crippen LogP contribution in [-0.4, -0.2) is 21.3 Å². The number of aliphatic carboxylic acids is 1. The average Bonchev–Trinajstić information content (AvgIpc) is 2.67. The van der Waals surface area contributed by atoms with Crippen molar-refractivity contribution in [2.75, 3.05) is 0 Å². The van der Waals surface area contributed by atoms with Crippen molar-refractivity contribution in [2.45, 2.75) is 44.6 Å². The second-order valence-electron chi connectivity index (χ2n) is 4.54. The zero-order valence-corrected chi connectivity index (χ0v) is 12.8. The Balaban J connectivity index is 2.90. The van der Waals surface area contributed by atoms with Crippen LogP contribution in [0.25, 0.3) is 6.08 Å². The van der Waals surface area contributed by atoms with E-state index in [2.05, 4.69) is 32.7 Å². The van der Waals surface area contributed by atoms with Gasteiger partial charge in [-0.1, -0.05) is 27.7 Å². The summed E-state index contributed by atoms with van der Waals surface area (Å²) in [4.78, 5) is 16.1. The smallest absolute Gasteiger partial charge is 0.328 e. The SMILES string of the molecule is CC(C)SCc1nc(C(C)C)c(/C=C/C(=O)O)s1. The molecule has 1 aromatic rings. The molecule has 0 spiro atoms. The monoisotopic (exact) mass is 285 g/mol. The molecule has 0 aliphatic carbocycles. The summed E-state index contributed by atoms with van der Waals surface area (Å²) in [6, 6.07) is 0. The molecule has 5 heteroatoms. The molecule has 0 atom stereocenters. The Hall–Kier alpha value is -0.810. The van der Waals surface area contributed by atoms with Gasteiger partial charge in [0.2, 0.25) is 0 Å². The molecule has 1 N–H and O–H groups in total. The topological polar surface area (TPSA) is 50.2 Å². The second kappa shape index (κ2) is 6.95. The van der Waals surface area contributed by atoms with Crippen LogP contribution in [0.4, 0.5) is 0 Å². The van der Waals surface area contributed by atoms with E-state index >= 15 is 0 Å². The minimum atomic E-state index is -0.920. The minimum absolute atomic E-state index is 0.312. The Labute approximate surface area is 116 Å². The zero-order chi connectivity index (χ0) is 13.7. The summed E-state index contributed by atoms with van der Waals surface area (Å²) >= 11 is 3.44. The average molecular weight is 285 g/mol. The van der Waals surface area contributed by atoms with E-state index in [1.54, 1.807) is 17.4 Å². The number of nitrogens with zero attached hydrogens (tertiary/aromatic N) is 1. The van der Waals surface area contributed by atoms with Gasteiger partial charge in [-0.05, 0) is 17.2 Å². The van der Waals surface area contributed by atoms with Crippen LogP contribution in [0.15, 0.2) is 6.08 Å². The molecular formula is C13H19NO2S2. The number of carbonyl (C=O) groups is 1. The lowest BCUT2D eigenvalue weighted by Gasteiger charge is -2.01. The lowest BCUT2D eigenvalue weighted by molar-refractivity contribution is -0.131. The van der Waals surface area contributed by atoms with Crippen molar-refractivity contribution in [1.82, 2.24) is 4.98 Å². The van der Waals surface area contributed by atoms with Crippen LogP contribution in [0.2, 0.25) is 0 Å². The first kappa shape index (κ1) is 15.2. The van der Waals surface area contributed by atoms with Gasteiger partial charge in [0.15, 0.2) is 0 Å². The maximum absolute atomic E-state index is 10.6. The molecule has 0 bridgehead atoms. The third kappa shape index (κ3) is 4.82. The Kier molecular flexibility index (Phi) is 5.88. The quantitative estimate of drug-likeness (QED) is 0.802. The summed E-state index contributed by atoms with van der Waals surface area (Å²) < 4.78 is 0. The first-order valence-corrected chi connectivity index (χ1v) is 7.79. The Morgan fingerprint density at radius 1 is 1.44 bits per heavy atom. The van der Waals surface area contributed by atoms with Crippen molar-refractivity contribution in [3.05, 3.63) is 21.7 Å². The number of thiazole rings is 1. The summed E-state index contributed by atoms with van der Waals surface area (Å²) in [5.41, 5.74) is 0.997. The minimum Gasteiger partial charge on any atom is -0.478 e. The molecule has 0 amide bonds. The highest BCUT2D eigenvalue weighted by molar-refractivity contribution is 7.99. The third-order valence-corrected chi connectivity index (χ3v) is 4.52. The number of carboxylic acid groups (broad SMARTS) is 1. The Morgan fingerprint density at radius 2 is 2.11 bits per heavy atom. The molecule has 100 valence electrons. The molecule has 0 aliphatic rings. The molecule has 0 fully saturated rings. The Morgan fingerprint density at radius 3 is 2.61 bits per heavy atom. The van der Waals surface area contributed by atoms with Gasteiger partial charge in [0.25, 0.3) is 0 Å². The van der Waals surface area contributed by atoms with Crippen LogP contribution in [0, 0.1) is 0 Å². The fourth-order valence-corrected chi connectivity index (χ4v) is 3.27. The summed E-state index contributed by atoms with van der Waals surface area (Å²) in [5, 5.41) is 10.3. The highest BCUT2D eigenvalue weighted by atomic mass is 32.2. The van der Waals surface area contributed by atoms with Gasteiger partial charge in [-0.2, -0.15) is 11.8 Å². The van der Waals surface area contributed by atoms with Crippen LogP contribution in [0.1, 0.15) is 49.2 Å². The largest absolute Gasteiger partial charge is 0.478 e. The molecule has 0 saturated carbocycles. The van der Waals surface area contributed by atoms with Crippen molar-refractivity contribution in [1.29, 1.82) is 0 Å². The molecule has 1 heterocycles. The maximum Gasteiger partial charge on any atom is 0.328 e. The van der Waals surface area contributed by atoms with E-state index < -0.39 is 5.97 Å². The molecule has 0 radical (unpaired) electrons. The van der Waals surface area contributed by atoms with Crippen molar-refractivity contribution >= 4 is 35.1 Å². The maximum atomic E-state index is 10.6. The van der Waals surface area contributed by atoms with Crippen LogP contribution in [0.3, 0.4) is 0 Å². The fourth-order valence-electron chi connectivity index (χ4n) is 1.37. The highest BCUT2D eigenvalue weighted by Crippen LogP contribution is 2.29. The van der Waals surface area contributed by atoms with Crippen LogP contribution in [0.5, 0.6) is 0 Å².